The average Bonchev–Trinajstić information content (AvgIpc) is 3.43. The molecule has 2 amide bonds. The van der Waals surface area contributed by atoms with Gasteiger partial charge in [-0.25, -0.2) is 4.39 Å². The van der Waals surface area contributed by atoms with Gasteiger partial charge in [-0.3, -0.25) is 14.5 Å². The third-order valence-electron chi connectivity index (χ3n) is 6.24. The molecule has 1 aromatic heterocycles. The third kappa shape index (κ3) is 5.31. The number of para-hydroxylation sites is 1. The second-order valence-corrected chi connectivity index (χ2v) is 8.46. The quantitative estimate of drug-likeness (QED) is 0.475. The minimum atomic E-state index is -1.19. The number of methoxy groups -OCH3 is 2. The van der Waals surface area contributed by atoms with Crippen LogP contribution in [0.25, 0.3) is 0 Å². The Labute approximate surface area is 203 Å². The molecule has 1 atom stereocenters. The van der Waals surface area contributed by atoms with E-state index in [-0.39, 0.29) is 17.5 Å². The Hall–Kier alpha value is -3.81. The summed E-state index contributed by atoms with van der Waals surface area (Å²) < 4.78 is 31.2. The van der Waals surface area contributed by atoms with E-state index < -0.39 is 23.7 Å². The summed E-state index contributed by atoms with van der Waals surface area (Å²) in [4.78, 5) is 28.7. The Morgan fingerprint density at radius 2 is 1.74 bits per heavy atom. The van der Waals surface area contributed by atoms with Crippen LogP contribution in [-0.2, 0) is 4.79 Å². The van der Waals surface area contributed by atoms with E-state index >= 15 is 4.39 Å². The van der Waals surface area contributed by atoms with Crippen molar-refractivity contribution in [2.75, 3.05) is 19.1 Å². The van der Waals surface area contributed by atoms with Gasteiger partial charge >= 0.3 is 0 Å². The van der Waals surface area contributed by atoms with Crippen LogP contribution in [0, 0.1) is 5.82 Å². The van der Waals surface area contributed by atoms with E-state index in [0.29, 0.717) is 17.1 Å². The number of carbonyl (C=O) groups excluding carboxylic acids is 2. The molecule has 0 bridgehead atoms. The number of nitrogens with zero attached hydrogens (tertiary/aromatic N) is 1. The molecule has 2 aromatic carbocycles. The summed E-state index contributed by atoms with van der Waals surface area (Å²) in [5.74, 6) is -0.838. The zero-order valence-electron chi connectivity index (χ0n) is 19.8. The molecule has 7 nitrogen and oxygen atoms in total. The van der Waals surface area contributed by atoms with Crippen LogP contribution in [-0.4, -0.2) is 32.1 Å². The molecular weight excluding hydrogens is 451 g/mol. The summed E-state index contributed by atoms with van der Waals surface area (Å²) in [5, 5.41) is 3.10. The number of hydrogen-bond acceptors (Lipinski definition) is 5. The topological polar surface area (TPSA) is 81.0 Å². The van der Waals surface area contributed by atoms with E-state index in [9.17, 15) is 9.59 Å². The summed E-state index contributed by atoms with van der Waals surface area (Å²) in [7, 11) is 3.00. The highest BCUT2D eigenvalue weighted by Gasteiger charge is 2.37. The smallest absolute Gasteiger partial charge is 0.295 e. The largest absolute Gasteiger partial charge is 0.493 e. The van der Waals surface area contributed by atoms with Gasteiger partial charge in [0.05, 0.1) is 26.2 Å². The molecule has 3 aromatic rings. The summed E-state index contributed by atoms with van der Waals surface area (Å²) in [6, 6.07) is 12.7. The van der Waals surface area contributed by atoms with E-state index in [2.05, 4.69) is 5.32 Å². The fraction of sp³-hybridized carbons (Fsp3) is 0.333. The molecule has 0 spiro atoms. The van der Waals surface area contributed by atoms with Crippen LogP contribution in [0.5, 0.6) is 11.5 Å². The lowest BCUT2D eigenvalue weighted by Gasteiger charge is -2.33. The SMILES string of the molecule is COc1ccc([C@H](C(=O)NC2CCCCC2)N(C(=O)c2ccco2)c2ccccc2F)cc1OC. The minimum absolute atomic E-state index is 0.0100. The van der Waals surface area contributed by atoms with Gasteiger partial charge in [0.15, 0.2) is 17.3 Å². The molecule has 1 heterocycles. The predicted molar refractivity (Wildman–Crippen MR) is 129 cm³/mol. The van der Waals surface area contributed by atoms with Crippen LogP contribution in [0.15, 0.2) is 65.3 Å². The van der Waals surface area contributed by atoms with Gasteiger partial charge in [-0.15, -0.1) is 0 Å². The molecule has 0 saturated heterocycles. The van der Waals surface area contributed by atoms with Crippen molar-refractivity contribution in [2.45, 2.75) is 44.2 Å². The first-order valence-corrected chi connectivity index (χ1v) is 11.7. The van der Waals surface area contributed by atoms with Crippen molar-refractivity contribution >= 4 is 17.5 Å². The first kappa shape index (κ1) is 24.3. The number of halogens is 1. The van der Waals surface area contributed by atoms with Crippen LogP contribution >= 0.6 is 0 Å². The first-order valence-electron chi connectivity index (χ1n) is 11.7. The second-order valence-electron chi connectivity index (χ2n) is 8.46. The van der Waals surface area contributed by atoms with Crippen molar-refractivity contribution < 1.29 is 27.9 Å². The van der Waals surface area contributed by atoms with Gasteiger partial charge in [0.25, 0.3) is 5.91 Å². The highest BCUT2D eigenvalue weighted by atomic mass is 19.1. The molecule has 35 heavy (non-hydrogen) atoms. The molecule has 184 valence electrons. The normalized spacial score (nSPS) is 14.7. The zero-order chi connectivity index (χ0) is 24.8. The summed E-state index contributed by atoms with van der Waals surface area (Å²) in [6.45, 7) is 0. The Balaban J connectivity index is 1.84. The van der Waals surface area contributed by atoms with Crippen molar-refractivity contribution in [1.82, 2.24) is 5.32 Å². The van der Waals surface area contributed by atoms with Crippen molar-refractivity contribution in [2.24, 2.45) is 0 Å². The number of furan rings is 1. The fourth-order valence-corrected chi connectivity index (χ4v) is 4.50. The molecule has 0 aliphatic heterocycles. The van der Waals surface area contributed by atoms with Gasteiger partial charge in [-0.2, -0.15) is 0 Å². The van der Waals surface area contributed by atoms with Gasteiger partial charge in [0.1, 0.15) is 11.9 Å². The van der Waals surface area contributed by atoms with Crippen molar-refractivity contribution in [3.8, 4) is 11.5 Å². The highest BCUT2D eigenvalue weighted by molar-refractivity contribution is 6.08. The van der Waals surface area contributed by atoms with E-state index in [0.717, 1.165) is 37.0 Å². The standard InChI is InChI=1S/C27H29FN2O5/c1-33-22-15-14-18(17-24(22)34-2)25(26(31)29-19-9-4-3-5-10-19)30(21-12-7-6-11-20(21)28)27(32)23-13-8-16-35-23/h6-8,11-17,19,25H,3-5,9-10H2,1-2H3,(H,29,31)/t25-/m1/s1. The Morgan fingerprint density at radius 1 is 1.00 bits per heavy atom. The summed E-state index contributed by atoms with van der Waals surface area (Å²) in [5.41, 5.74) is 0.409. The van der Waals surface area contributed by atoms with Crippen molar-refractivity contribution in [3.05, 3.63) is 78.0 Å². The molecule has 8 heteroatoms. The van der Waals surface area contributed by atoms with Gasteiger partial charge in [-0.1, -0.05) is 37.5 Å². The number of rotatable bonds is 8. The Kier molecular flexibility index (Phi) is 7.70. The first-order chi connectivity index (χ1) is 17.0. The van der Waals surface area contributed by atoms with Gasteiger partial charge in [0.2, 0.25) is 5.91 Å². The average molecular weight is 481 g/mol. The maximum atomic E-state index is 15.1. The fourth-order valence-electron chi connectivity index (χ4n) is 4.50. The Morgan fingerprint density at radius 3 is 2.40 bits per heavy atom. The van der Waals surface area contributed by atoms with E-state index in [1.54, 1.807) is 30.3 Å². The monoisotopic (exact) mass is 480 g/mol. The molecule has 0 unspecified atom stereocenters. The second kappa shape index (κ2) is 11.1. The third-order valence-corrected chi connectivity index (χ3v) is 6.24. The number of carbonyl (C=O) groups is 2. The van der Waals surface area contributed by atoms with Crippen molar-refractivity contribution in [3.63, 3.8) is 0 Å². The van der Waals surface area contributed by atoms with E-state index in [1.165, 1.54) is 44.7 Å². The van der Waals surface area contributed by atoms with Crippen molar-refractivity contribution in [1.29, 1.82) is 0 Å². The molecule has 1 fully saturated rings. The number of ether oxygens (including phenoxy) is 2. The minimum Gasteiger partial charge on any atom is -0.493 e. The van der Waals surface area contributed by atoms with Gasteiger partial charge in [-0.05, 0) is 54.8 Å². The number of nitrogens with one attached hydrogen (secondary N) is 1. The van der Waals surface area contributed by atoms with E-state index in [1.807, 2.05) is 0 Å². The predicted octanol–water partition coefficient (Wildman–Crippen LogP) is 5.27. The number of hydrogen-bond donors (Lipinski definition) is 1. The molecule has 0 radical (unpaired) electrons. The molecule has 1 saturated carbocycles. The lowest BCUT2D eigenvalue weighted by atomic mass is 9.94. The molecular formula is C27H29FN2O5. The molecule has 1 N–H and O–H groups in total. The Bertz CT molecular complexity index is 1160. The van der Waals surface area contributed by atoms with Crippen LogP contribution in [0.2, 0.25) is 0 Å². The van der Waals surface area contributed by atoms with Crippen LogP contribution in [0.1, 0.15) is 54.3 Å². The lowest BCUT2D eigenvalue weighted by Crippen LogP contribution is -2.47. The maximum absolute atomic E-state index is 15.1. The molecule has 1 aliphatic carbocycles. The highest BCUT2D eigenvalue weighted by Crippen LogP contribution is 2.36. The van der Waals surface area contributed by atoms with Crippen LogP contribution < -0.4 is 19.7 Å². The van der Waals surface area contributed by atoms with Crippen LogP contribution in [0.3, 0.4) is 0 Å². The van der Waals surface area contributed by atoms with Gasteiger partial charge in [0, 0.05) is 6.04 Å². The number of benzene rings is 2. The van der Waals surface area contributed by atoms with Gasteiger partial charge < -0.3 is 19.2 Å². The summed E-state index contributed by atoms with van der Waals surface area (Å²) in [6.07, 6.45) is 6.25. The molecule has 4 rings (SSSR count). The summed E-state index contributed by atoms with van der Waals surface area (Å²) >= 11 is 0. The lowest BCUT2D eigenvalue weighted by molar-refractivity contribution is -0.123. The number of amides is 2. The van der Waals surface area contributed by atoms with Crippen LogP contribution in [0.4, 0.5) is 10.1 Å². The number of anilines is 1. The maximum Gasteiger partial charge on any atom is 0.295 e. The van der Waals surface area contributed by atoms with E-state index in [4.69, 9.17) is 13.9 Å². The molecule has 1 aliphatic rings. The zero-order valence-corrected chi connectivity index (χ0v) is 19.8.